The summed E-state index contributed by atoms with van der Waals surface area (Å²) in [6, 6.07) is 14.5. The van der Waals surface area contributed by atoms with Gasteiger partial charge in [0, 0.05) is 18.0 Å². The average Bonchev–Trinajstić information content (AvgIpc) is 3.17. The molecular formula is C22H24N2O4S. The second kappa shape index (κ2) is 9.93. The van der Waals surface area contributed by atoms with Gasteiger partial charge in [-0.15, -0.1) is 11.3 Å². The fraction of sp³-hybridized carbons (Fsp3) is 0.273. The Morgan fingerprint density at radius 2 is 1.83 bits per heavy atom. The van der Waals surface area contributed by atoms with E-state index in [0.29, 0.717) is 31.1 Å². The summed E-state index contributed by atoms with van der Waals surface area (Å²) < 4.78 is 16.6. The van der Waals surface area contributed by atoms with E-state index in [9.17, 15) is 4.79 Å². The van der Waals surface area contributed by atoms with Gasteiger partial charge in [-0.1, -0.05) is 6.07 Å². The predicted octanol–water partition coefficient (Wildman–Crippen LogP) is 4.19. The number of aryl methyl sites for hydroxylation is 1. The minimum atomic E-state index is -0.0849. The number of rotatable bonds is 9. The molecule has 152 valence electrons. The molecule has 0 radical (unpaired) electrons. The molecule has 0 bridgehead atoms. The zero-order chi connectivity index (χ0) is 20.6. The number of methoxy groups -OCH3 is 1. The molecule has 0 aliphatic carbocycles. The topological polar surface area (TPSA) is 60.9 Å². The smallest absolute Gasteiger partial charge is 0.253 e. The van der Waals surface area contributed by atoms with E-state index in [1.54, 1.807) is 42.5 Å². The van der Waals surface area contributed by atoms with Crippen molar-refractivity contribution in [2.75, 3.05) is 27.3 Å². The van der Waals surface area contributed by atoms with E-state index >= 15 is 0 Å². The SMILES string of the molecule is COc1ccc(OCCN(C)C(=O)c2cccc(OCc3csc(C)n3)c2)cc1. The third-order valence-electron chi connectivity index (χ3n) is 4.24. The van der Waals surface area contributed by atoms with Crippen LogP contribution < -0.4 is 14.2 Å². The Morgan fingerprint density at radius 3 is 2.52 bits per heavy atom. The van der Waals surface area contributed by atoms with Crippen LogP contribution in [0.25, 0.3) is 0 Å². The fourth-order valence-electron chi connectivity index (χ4n) is 2.65. The average molecular weight is 413 g/mol. The van der Waals surface area contributed by atoms with Crippen LogP contribution in [-0.4, -0.2) is 43.1 Å². The number of hydrogen-bond acceptors (Lipinski definition) is 6. The predicted molar refractivity (Wildman–Crippen MR) is 113 cm³/mol. The Kier molecular flexibility index (Phi) is 7.08. The maximum Gasteiger partial charge on any atom is 0.253 e. The molecule has 6 nitrogen and oxygen atoms in total. The Morgan fingerprint density at radius 1 is 1.07 bits per heavy atom. The summed E-state index contributed by atoms with van der Waals surface area (Å²) in [7, 11) is 3.38. The Balaban J connectivity index is 1.50. The van der Waals surface area contributed by atoms with Gasteiger partial charge in [-0.2, -0.15) is 0 Å². The van der Waals surface area contributed by atoms with Crippen molar-refractivity contribution in [3.63, 3.8) is 0 Å². The van der Waals surface area contributed by atoms with Gasteiger partial charge < -0.3 is 19.1 Å². The lowest BCUT2D eigenvalue weighted by Gasteiger charge is -2.18. The highest BCUT2D eigenvalue weighted by atomic mass is 32.1. The fourth-order valence-corrected chi connectivity index (χ4v) is 3.24. The summed E-state index contributed by atoms with van der Waals surface area (Å²) in [5.41, 5.74) is 1.46. The zero-order valence-corrected chi connectivity index (χ0v) is 17.6. The van der Waals surface area contributed by atoms with Crippen LogP contribution in [0.15, 0.2) is 53.9 Å². The molecule has 0 unspecified atom stereocenters. The molecule has 3 aromatic rings. The number of likely N-dealkylation sites (N-methyl/N-ethyl adjacent to an activating group) is 1. The van der Waals surface area contributed by atoms with Gasteiger partial charge in [0.2, 0.25) is 0 Å². The third kappa shape index (κ3) is 5.96. The highest BCUT2D eigenvalue weighted by molar-refractivity contribution is 7.09. The maximum atomic E-state index is 12.7. The standard InChI is InChI=1S/C22H24N2O4S/c1-16-23-18(15-29-16)14-28-21-6-4-5-17(13-21)22(25)24(2)11-12-27-20-9-7-19(26-3)8-10-20/h4-10,13,15H,11-12,14H2,1-3H3. The second-order valence-electron chi connectivity index (χ2n) is 6.43. The molecule has 1 amide bonds. The molecule has 1 heterocycles. The van der Waals surface area contributed by atoms with Crippen LogP contribution >= 0.6 is 11.3 Å². The number of carbonyl (C=O) groups excluding carboxylic acids is 1. The molecule has 29 heavy (non-hydrogen) atoms. The molecule has 0 spiro atoms. The molecule has 0 saturated heterocycles. The molecule has 0 aliphatic heterocycles. The van der Waals surface area contributed by atoms with Gasteiger partial charge in [0.25, 0.3) is 5.91 Å². The first-order valence-corrected chi connectivity index (χ1v) is 10.1. The molecule has 3 rings (SSSR count). The van der Waals surface area contributed by atoms with E-state index in [-0.39, 0.29) is 5.91 Å². The molecule has 2 aromatic carbocycles. The van der Waals surface area contributed by atoms with Crippen LogP contribution in [-0.2, 0) is 6.61 Å². The molecule has 0 saturated carbocycles. The van der Waals surface area contributed by atoms with Crippen molar-refractivity contribution >= 4 is 17.2 Å². The summed E-state index contributed by atoms with van der Waals surface area (Å²) in [5, 5.41) is 2.98. The summed E-state index contributed by atoms with van der Waals surface area (Å²) in [4.78, 5) is 18.7. The van der Waals surface area contributed by atoms with Crippen LogP contribution in [0.5, 0.6) is 17.2 Å². The molecule has 0 N–H and O–H groups in total. The summed E-state index contributed by atoms with van der Waals surface area (Å²) in [5.74, 6) is 2.07. The van der Waals surface area contributed by atoms with Crippen molar-refractivity contribution < 1.29 is 19.0 Å². The minimum Gasteiger partial charge on any atom is -0.497 e. The normalized spacial score (nSPS) is 10.4. The lowest BCUT2D eigenvalue weighted by molar-refractivity contribution is 0.0773. The maximum absolute atomic E-state index is 12.7. The molecular weight excluding hydrogens is 388 g/mol. The Hall–Kier alpha value is -3.06. The van der Waals surface area contributed by atoms with Crippen molar-refractivity contribution in [1.29, 1.82) is 0 Å². The van der Waals surface area contributed by atoms with E-state index in [1.807, 2.05) is 48.7 Å². The number of thiazole rings is 1. The van der Waals surface area contributed by atoms with E-state index in [4.69, 9.17) is 14.2 Å². The Labute approximate surface area is 174 Å². The van der Waals surface area contributed by atoms with E-state index < -0.39 is 0 Å². The van der Waals surface area contributed by atoms with Gasteiger partial charge >= 0.3 is 0 Å². The first kappa shape index (κ1) is 20.7. The zero-order valence-electron chi connectivity index (χ0n) is 16.8. The van der Waals surface area contributed by atoms with E-state index in [0.717, 1.165) is 22.2 Å². The minimum absolute atomic E-state index is 0.0849. The largest absolute Gasteiger partial charge is 0.497 e. The lowest BCUT2D eigenvalue weighted by Crippen LogP contribution is -2.30. The quantitative estimate of drug-likeness (QED) is 0.527. The third-order valence-corrected chi connectivity index (χ3v) is 5.06. The molecule has 7 heteroatoms. The summed E-state index contributed by atoms with van der Waals surface area (Å²) in [6.45, 7) is 3.21. The summed E-state index contributed by atoms with van der Waals surface area (Å²) >= 11 is 1.59. The molecule has 0 aliphatic rings. The van der Waals surface area contributed by atoms with Crippen LogP contribution in [0.3, 0.4) is 0 Å². The number of hydrogen-bond donors (Lipinski definition) is 0. The van der Waals surface area contributed by atoms with Crippen LogP contribution in [0.4, 0.5) is 0 Å². The first-order valence-electron chi connectivity index (χ1n) is 9.21. The van der Waals surface area contributed by atoms with Crippen molar-refractivity contribution in [2.45, 2.75) is 13.5 Å². The van der Waals surface area contributed by atoms with E-state index in [1.165, 1.54) is 0 Å². The number of aromatic nitrogens is 1. The highest BCUT2D eigenvalue weighted by Gasteiger charge is 2.13. The van der Waals surface area contributed by atoms with Gasteiger partial charge in [-0.05, 0) is 49.4 Å². The number of benzene rings is 2. The number of carbonyl (C=O) groups is 1. The van der Waals surface area contributed by atoms with E-state index in [2.05, 4.69) is 4.98 Å². The van der Waals surface area contributed by atoms with Crippen molar-refractivity contribution in [3.8, 4) is 17.2 Å². The van der Waals surface area contributed by atoms with Gasteiger partial charge in [-0.3, -0.25) is 4.79 Å². The van der Waals surface area contributed by atoms with Gasteiger partial charge in [0.1, 0.15) is 30.5 Å². The van der Waals surface area contributed by atoms with Gasteiger partial charge in [0.15, 0.2) is 0 Å². The Bertz CT molecular complexity index is 940. The van der Waals surface area contributed by atoms with Crippen LogP contribution in [0, 0.1) is 6.92 Å². The first-order chi connectivity index (χ1) is 14.0. The highest BCUT2D eigenvalue weighted by Crippen LogP contribution is 2.18. The second-order valence-corrected chi connectivity index (χ2v) is 7.49. The monoisotopic (exact) mass is 412 g/mol. The van der Waals surface area contributed by atoms with Gasteiger partial charge in [0.05, 0.1) is 24.4 Å². The van der Waals surface area contributed by atoms with Crippen molar-refractivity contribution in [3.05, 3.63) is 70.2 Å². The molecule has 0 fully saturated rings. The van der Waals surface area contributed by atoms with Crippen molar-refractivity contribution in [1.82, 2.24) is 9.88 Å². The number of nitrogens with zero attached hydrogens (tertiary/aromatic N) is 2. The van der Waals surface area contributed by atoms with Crippen LogP contribution in [0.1, 0.15) is 21.1 Å². The molecule has 1 aromatic heterocycles. The van der Waals surface area contributed by atoms with Gasteiger partial charge in [-0.25, -0.2) is 4.98 Å². The lowest BCUT2D eigenvalue weighted by atomic mass is 10.2. The molecule has 0 atom stereocenters. The number of amides is 1. The number of ether oxygens (including phenoxy) is 3. The summed E-state index contributed by atoms with van der Waals surface area (Å²) in [6.07, 6.45) is 0. The van der Waals surface area contributed by atoms with Crippen LogP contribution in [0.2, 0.25) is 0 Å². The van der Waals surface area contributed by atoms with Crippen molar-refractivity contribution in [2.24, 2.45) is 0 Å².